The lowest BCUT2D eigenvalue weighted by molar-refractivity contribution is 0.516. The molecule has 0 N–H and O–H groups in total. The maximum atomic E-state index is 13.3. The molecule has 1 nitrogen and oxygen atoms in total. The van der Waals surface area contributed by atoms with Crippen molar-refractivity contribution in [2.45, 2.75) is 6.92 Å². The molecule has 0 saturated heterocycles. The SMILES string of the molecule is Cc1cn(C)c2ccc(F)c(F)c12. The normalized spacial score (nSPS) is 11.1. The summed E-state index contributed by atoms with van der Waals surface area (Å²) < 4.78 is 27.9. The summed E-state index contributed by atoms with van der Waals surface area (Å²) in [7, 11) is 1.81. The molecule has 0 aliphatic heterocycles. The van der Waals surface area contributed by atoms with Crippen LogP contribution in [0.4, 0.5) is 8.78 Å². The average molecular weight is 181 g/mol. The Labute approximate surface area is 74.6 Å². The van der Waals surface area contributed by atoms with E-state index in [-0.39, 0.29) is 0 Å². The van der Waals surface area contributed by atoms with Crippen LogP contribution in [0.25, 0.3) is 10.9 Å². The molecule has 0 fully saturated rings. The van der Waals surface area contributed by atoms with Gasteiger partial charge in [-0.2, -0.15) is 0 Å². The molecular weight excluding hydrogens is 172 g/mol. The summed E-state index contributed by atoms with van der Waals surface area (Å²) in [6, 6.07) is 2.73. The summed E-state index contributed by atoms with van der Waals surface area (Å²) in [4.78, 5) is 0. The first-order valence-electron chi connectivity index (χ1n) is 4.01. The summed E-state index contributed by atoms with van der Waals surface area (Å²) in [6.45, 7) is 1.77. The summed E-state index contributed by atoms with van der Waals surface area (Å²) in [5, 5.41) is 0.377. The number of benzene rings is 1. The number of hydrogen-bond acceptors (Lipinski definition) is 0. The standard InChI is InChI=1S/C10H9F2N/c1-6-5-13(2)8-4-3-7(11)10(12)9(6)8/h3-5H,1-2H3. The molecule has 68 valence electrons. The van der Waals surface area contributed by atoms with Crippen LogP contribution in [0.2, 0.25) is 0 Å². The fourth-order valence-electron chi connectivity index (χ4n) is 1.63. The Bertz CT molecular complexity index is 471. The van der Waals surface area contributed by atoms with Crippen molar-refractivity contribution in [3.63, 3.8) is 0 Å². The number of rotatable bonds is 0. The van der Waals surface area contributed by atoms with Gasteiger partial charge in [-0.15, -0.1) is 0 Å². The van der Waals surface area contributed by atoms with Gasteiger partial charge in [0.1, 0.15) is 0 Å². The molecule has 0 spiro atoms. The Morgan fingerprint density at radius 1 is 1.23 bits per heavy atom. The first-order chi connectivity index (χ1) is 6.11. The summed E-state index contributed by atoms with van der Waals surface area (Å²) in [6.07, 6.45) is 1.78. The van der Waals surface area contributed by atoms with Crippen LogP contribution < -0.4 is 0 Å². The molecule has 2 aromatic rings. The smallest absolute Gasteiger partial charge is 0.168 e. The van der Waals surface area contributed by atoms with E-state index in [0.29, 0.717) is 5.39 Å². The molecule has 0 radical (unpaired) electrons. The Morgan fingerprint density at radius 3 is 2.62 bits per heavy atom. The van der Waals surface area contributed by atoms with Crippen LogP contribution >= 0.6 is 0 Å². The Morgan fingerprint density at radius 2 is 1.92 bits per heavy atom. The van der Waals surface area contributed by atoms with Gasteiger partial charge in [0.25, 0.3) is 0 Å². The molecule has 3 heteroatoms. The number of hydrogen-bond donors (Lipinski definition) is 0. The zero-order valence-electron chi connectivity index (χ0n) is 7.44. The van der Waals surface area contributed by atoms with E-state index in [1.54, 1.807) is 23.8 Å². The summed E-state index contributed by atoms with van der Waals surface area (Å²) in [5.41, 5.74) is 1.48. The van der Waals surface area contributed by atoms with Crippen molar-refractivity contribution < 1.29 is 8.78 Å². The Kier molecular flexibility index (Phi) is 1.62. The number of aryl methyl sites for hydroxylation is 2. The molecule has 0 amide bonds. The predicted molar refractivity (Wildman–Crippen MR) is 47.6 cm³/mol. The minimum Gasteiger partial charge on any atom is -0.350 e. The van der Waals surface area contributed by atoms with Gasteiger partial charge in [0.15, 0.2) is 11.6 Å². The van der Waals surface area contributed by atoms with Crippen molar-refractivity contribution in [1.29, 1.82) is 0 Å². The quantitative estimate of drug-likeness (QED) is 0.589. The van der Waals surface area contributed by atoms with Gasteiger partial charge >= 0.3 is 0 Å². The highest BCUT2D eigenvalue weighted by atomic mass is 19.2. The third-order valence-corrected chi connectivity index (χ3v) is 2.23. The number of aromatic nitrogens is 1. The zero-order valence-corrected chi connectivity index (χ0v) is 7.44. The van der Waals surface area contributed by atoms with Crippen molar-refractivity contribution >= 4 is 10.9 Å². The van der Waals surface area contributed by atoms with Crippen molar-refractivity contribution in [3.05, 3.63) is 35.5 Å². The summed E-state index contributed by atoms with van der Waals surface area (Å²) in [5.74, 6) is -1.54. The lowest BCUT2D eigenvalue weighted by Crippen LogP contribution is -1.87. The highest BCUT2D eigenvalue weighted by Crippen LogP contribution is 2.24. The molecule has 0 aliphatic carbocycles. The van der Waals surface area contributed by atoms with Crippen LogP contribution in [0, 0.1) is 18.6 Å². The second-order valence-electron chi connectivity index (χ2n) is 3.18. The second-order valence-corrected chi connectivity index (χ2v) is 3.18. The van der Waals surface area contributed by atoms with E-state index >= 15 is 0 Å². The largest absolute Gasteiger partial charge is 0.350 e. The number of fused-ring (bicyclic) bond motifs is 1. The third-order valence-electron chi connectivity index (χ3n) is 2.23. The van der Waals surface area contributed by atoms with Crippen LogP contribution in [0.3, 0.4) is 0 Å². The lowest BCUT2D eigenvalue weighted by Gasteiger charge is -1.97. The van der Waals surface area contributed by atoms with E-state index in [0.717, 1.165) is 17.1 Å². The third kappa shape index (κ3) is 1.03. The molecule has 1 aromatic carbocycles. The van der Waals surface area contributed by atoms with Gasteiger partial charge in [-0.25, -0.2) is 8.78 Å². The second kappa shape index (κ2) is 2.55. The Balaban J connectivity index is 2.98. The van der Waals surface area contributed by atoms with Gasteiger partial charge in [-0.1, -0.05) is 0 Å². The van der Waals surface area contributed by atoms with Crippen LogP contribution in [-0.2, 0) is 7.05 Å². The van der Waals surface area contributed by atoms with Gasteiger partial charge in [0.05, 0.1) is 5.52 Å². The Hall–Kier alpha value is -1.38. The molecule has 13 heavy (non-hydrogen) atoms. The molecule has 0 saturated carbocycles. The number of nitrogens with zero attached hydrogens (tertiary/aromatic N) is 1. The average Bonchev–Trinajstić information content (AvgIpc) is 2.35. The minimum absolute atomic E-state index is 0.377. The first kappa shape index (κ1) is 8.23. The van der Waals surface area contributed by atoms with E-state index in [1.807, 2.05) is 7.05 Å². The molecular formula is C10H9F2N. The highest BCUT2D eigenvalue weighted by molar-refractivity contribution is 5.84. The molecule has 1 heterocycles. The molecule has 0 aliphatic rings. The monoisotopic (exact) mass is 181 g/mol. The van der Waals surface area contributed by atoms with Gasteiger partial charge in [-0.05, 0) is 24.6 Å². The molecule has 0 atom stereocenters. The predicted octanol–water partition coefficient (Wildman–Crippen LogP) is 2.76. The lowest BCUT2D eigenvalue weighted by atomic mass is 10.2. The number of halogens is 2. The van der Waals surface area contributed by atoms with Crippen LogP contribution in [0.15, 0.2) is 18.3 Å². The topological polar surface area (TPSA) is 4.93 Å². The zero-order chi connectivity index (χ0) is 9.59. The van der Waals surface area contributed by atoms with E-state index in [9.17, 15) is 8.78 Å². The van der Waals surface area contributed by atoms with E-state index in [4.69, 9.17) is 0 Å². The fraction of sp³-hybridized carbons (Fsp3) is 0.200. The molecule has 0 unspecified atom stereocenters. The van der Waals surface area contributed by atoms with Crippen LogP contribution in [0.1, 0.15) is 5.56 Å². The van der Waals surface area contributed by atoms with Crippen molar-refractivity contribution in [3.8, 4) is 0 Å². The minimum atomic E-state index is -0.790. The first-order valence-corrected chi connectivity index (χ1v) is 4.01. The van der Waals surface area contributed by atoms with E-state index in [1.165, 1.54) is 0 Å². The highest BCUT2D eigenvalue weighted by Gasteiger charge is 2.11. The molecule has 1 aromatic heterocycles. The fourth-order valence-corrected chi connectivity index (χ4v) is 1.63. The van der Waals surface area contributed by atoms with Crippen molar-refractivity contribution in [1.82, 2.24) is 4.57 Å². The van der Waals surface area contributed by atoms with Gasteiger partial charge in [-0.3, -0.25) is 0 Å². The van der Waals surface area contributed by atoms with Crippen molar-refractivity contribution in [2.75, 3.05) is 0 Å². The molecule has 2 rings (SSSR count). The van der Waals surface area contributed by atoms with Gasteiger partial charge in [0, 0.05) is 18.6 Å². The van der Waals surface area contributed by atoms with Gasteiger partial charge in [0.2, 0.25) is 0 Å². The van der Waals surface area contributed by atoms with Crippen molar-refractivity contribution in [2.24, 2.45) is 7.05 Å². The maximum absolute atomic E-state index is 13.3. The molecule has 0 bridgehead atoms. The van der Waals surface area contributed by atoms with Crippen LogP contribution in [-0.4, -0.2) is 4.57 Å². The van der Waals surface area contributed by atoms with Gasteiger partial charge < -0.3 is 4.57 Å². The maximum Gasteiger partial charge on any atom is 0.168 e. The van der Waals surface area contributed by atoms with E-state index < -0.39 is 11.6 Å². The van der Waals surface area contributed by atoms with Crippen LogP contribution in [0.5, 0.6) is 0 Å². The summed E-state index contributed by atoms with van der Waals surface area (Å²) >= 11 is 0. The van der Waals surface area contributed by atoms with E-state index in [2.05, 4.69) is 0 Å².